The fourth-order valence-electron chi connectivity index (χ4n) is 1.54. The first-order valence-corrected chi connectivity index (χ1v) is 6.70. The van der Waals surface area contributed by atoms with Crippen molar-refractivity contribution in [3.63, 3.8) is 0 Å². The number of hydrogen-bond acceptors (Lipinski definition) is 4. The van der Waals surface area contributed by atoms with E-state index in [0.717, 1.165) is 17.1 Å². The molecule has 0 saturated carbocycles. The summed E-state index contributed by atoms with van der Waals surface area (Å²) in [5.41, 5.74) is 2.08. The minimum atomic E-state index is -1.00. The van der Waals surface area contributed by atoms with Crippen LogP contribution in [0.25, 0.3) is 0 Å². The molecule has 6 nitrogen and oxygen atoms in total. The van der Waals surface area contributed by atoms with Crippen LogP contribution in [0.5, 0.6) is 0 Å². The van der Waals surface area contributed by atoms with Crippen molar-refractivity contribution in [1.29, 1.82) is 0 Å². The van der Waals surface area contributed by atoms with Crippen LogP contribution in [0.4, 0.5) is 0 Å². The number of amides is 1. The lowest BCUT2D eigenvalue weighted by Crippen LogP contribution is -2.36. The summed E-state index contributed by atoms with van der Waals surface area (Å²) < 4.78 is 1.82. The normalized spacial score (nSPS) is 12.1. The summed E-state index contributed by atoms with van der Waals surface area (Å²) in [4.78, 5) is 21.0. The molecule has 0 fully saturated rings. The van der Waals surface area contributed by atoms with Gasteiger partial charge in [0.2, 0.25) is 6.41 Å². The van der Waals surface area contributed by atoms with Crippen molar-refractivity contribution >= 4 is 24.1 Å². The molecule has 0 aliphatic carbocycles. The Kier molecular flexibility index (Phi) is 5.70. The molecule has 1 rings (SSSR count). The molecule has 1 atom stereocenters. The molecule has 0 bridgehead atoms. The van der Waals surface area contributed by atoms with Crippen molar-refractivity contribution in [3.05, 3.63) is 17.5 Å². The van der Waals surface area contributed by atoms with Gasteiger partial charge in [0.05, 0.1) is 5.69 Å². The molecule has 0 aromatic carbocycles. The molecule has 7 heteroatoms. The Morgan fingerprint density at radius 2 is 2.44 bits per heavy atom. The Morgan fingerprint density at radius 1 is 1.72 bits per heavy atom. The molecule has 1 aromatic heterocycles. The van der Waals surface area contributed by atoms with Gasteiger partial charge in [-0.1, -0.05) is 0 Å². The lowest BCUT2D eigenvalue weighted by Gasteiger charge is -2.10. The fourth-order valence-corrected chi connectivity index (χ4v) is 2.56. The van der Waals surface area contributed by atoms with Gasteiger partial charge in [-0.15, -0.1) is 0 Å². The number of carboxylic acid groups (broad SMARTS) is 1. The van der Waals surface area contributed by atoms with E-state index < -0.39 is 12.0 Å². The predicted octanol–water partition coefficient (Wildman–Crippen LogP) is 0.551. The van der Waals surface area contributed by atoms with E-state index in [1.54, 1.807) is 11.8 Å². The van der Waals surface area contributed by atoms with Crippen LogP contribution in [0.3, 0.4) is 0 Å². The van der Waals surface area contributed by atoms with Crippen LogP contribution in [0.15, 0.2) is 6.07 Å². The second-order valence-electron chi connectivity index (χ2n) is 3.92. The zero-order valence-corrected chi connectivity index (χ0v) is 11.2. The second kappa shape index (κ2) is 7.05. The molecule has 0 radical (unpaired) electrons. The summed E-state index contributed by atoms with van der Waals surface area (Å²) in [6.45, 7) is 1.93. The third kappa shape index (κ3) is 4.40. The number of hydrogen-bond donors (Lipinski definition) is 2. The minimum absolute atomic E-state index is 0.412. The van der Waals surface area contributed by atoms with Crippen LogP contribution >= 0.6 is 11.8 Å². The van der Waals surface area contributed by atoms with Gasteiger partial charge < -0.3 is 10.4 Å². The van der Waals surface area contributed by atoms with Crippen molar-refractivity contribution in [1.82, 2.24) is 15.1 Å². The first-order valence-electron chi connectivity index (χ1n) is 5.54. The first kappa shape index (κ1) is 14.6. The van der Waals surface area contributed by atoms with E-state index >= 15 is 0 Å². The highest BCUT2D eigenvalue weighted by molar-refractivity contribution is 7.98. The smallest absolute Gasteiger partial charge is 0.326 e. The van der Waals surface area contributed by atoms with Gasteiger partial charge >= 0.3 is 5.97 Å². The molecule has 1 heterocycles. The maximum absolute atomic E-state index is 10.8. The monoisotopic (exact) mass is 271 g/mol. The molecule has 2 N–H and O–H groups in total. The third-order valence-electron chi connectivity index (χ3n) is 2.47. The van der Waals surface area contributed by atoms with Crippen molar-refractivity contribution in [2.45, 2.75) is 25.1 Å². The standard InChI is InChI=1S/C11H17N3O3S/c1-8-5-9(14(2)13-8)6-18-4-3-10(11(16)17)12-7-15/h5,7,10H,3-4,6H2,1-2H3,(H,12,15)(H,16,17). The number of carbonyl (C=O) groups is 2. The van der Waals surface area contributed by atoms with Crippen molar-refractivity contribution in [2.24, 2.45) is 7.05 Å². The van der Waals surface area contributed by atoms with E-state index in [1.165, 1.54) is 0 Å². The highest BCUT2D eigenvalue weighted by Crippen LogP contribution is 2.14. The van der Waals surface area contributed by atoms with Crippen molar-refractivity contribution in [3.8, 4) is 0 Å². The lowest BCUT2D eigenvalue weighted by molar-refractivity contribution is -0.140. The van der Waals surface area contributed by atoms with Crippen LogP contribution in [-0.2, 0) is 22.4 Å². The number of nitrogens with one attached hydrogen (secondary N) is 1. The van der Waals surface area contributed by atoms with Gasteiger partial charge in [-0.25, -0.2) is 4.79 Å². The molecule has 0 aliphatic rings. The summed E-state index contributed by atoms with van der Waals surface area (Å²) >= 11 is 1.63. The molecular formula is C11H17N3O3S. The average Bonchev–Trinajstić information content (AvgIpc) is 2.61. The van der Waals surface area contributed by atoms with E-state index in [2.05, 4.69) is 10.4 Å². The molecule has 1 aromatic rings. The topological polar surface area (TPSA) is 84.2 Å². The Labute approximate surface area is 110 Å². The number of carbonyl (C=O) groups excluding carboxylic acids is 1. The number of rotatable bonds is 8. The zero-order valence-electron chi connectivity index (χ0n) is 10.4. The van der Waals surface area contributed by atoms with Gasteiger partial charge in [-0.3, -0.25) is 9.48 Å². The number of carboxylic acids is 1. The van der Waals surface area contributed by atoms with Crippen LogP contribution in [0.1, 0.15) is 17.8 Å². The van der Waals surface area contributed by atoms with Gasteiger partial charge in [0.25, 0.3) is 0 Å². The average molecular weight is 271 g/mol. The lowest BCUT2D eigenvalue weighted by atomic mass is 10.2. The maximum atomic E-state index is 10.8. The van der Waals surface area contributed by atoms with Gasteiger partial charge in [0, 0.05) is 18.5 Å². The fraction of sp³-hybridized carbons (Fsp3) is 0.545. The highest BCUT2D eigenvalue weighted by atomic mass is 32.2. The van der Waals surface area contributed by atoms with E-state index in [0.29, 0.717) is 18.6 Å². The molecule has 18 heavy (non-hydrogen) atoms. The Balaban J connectivity index is 2.31. The van der Waals surface area contributed by atoms with E-state index in [1.807, 2.05) is 24.7 Å². The number of nitrogens with zero attached hydrogens (tertiary/aromatic N) is 2. The first-order chi connectivity index (χ1) is 8.54. The minimum Gasteiger partial charge on any atom is -0.480 e. The van der Waals surface area contributed by atoms with E-state index in [4.69, 9.17) is 5.11 Å². The summed E-state index contributed by atoms with van der Waals surface area (Å²) in [5.74, 6) is 0.450. The van der Waals surface area contributed by atoms with Gasteiger partial charge in [-0.05, 0) is 25.2 Å². The molecule has 0 saturated heterocycles. The molecule has 1 amide bonds. The molecule has 100 valence electrons. The molecule has 1 unspecified atom stereocenters. The van der Waals surface area contributed by atoms with Gasteiger partial charge in [0.15, 0.2) is 0 Å². The van der Waals surface area contributed by atoms with Gasteiger partial charge in [0.1, 0.15) is 6.04 Å². The summed E-state index contributed by atoms with van der Waals surface area (Å²) in [6.07, 6.45) is 0.837. The number of aliphatic carboxylic acids is 1. The summed E-state index contributed by atoms with van der Waals surface area (Å²) in [7, 11) is 1.89. The van der Waals surface area contributed by atoms with Crippen LogP contribution in [0, 0.1) is 6.92 Å². The Hall–Kier alpha value is -1.50. The van der Waals surface area contributed by atoms with Crippen molar-refractivity contribution in [2.75, 3.05) is 5.75 Å². The number of aromatic nitrogens is 2. The predicted molar refractivity (Wildman–Crippen MR) is 69.3 cm³/mol. The van der Waals surface area contributed by atoms with Crippen LogP contribution in [-0.4, -0.2) is 39.1 Å². The molecule has 0 aliphatic heterocycles. The number of thioether (sulfide) groups is 1. The third-order valence-corrected chi connectivity index (χ3v) is 3.49. The molecule has 0 spiro atoms. The van der Waals surface area contributed by atoms with Gasteiger partial charge in [-0.2, -0.15) is 16.9 Å². The summed E-state index contributed by atoms with van der Waals surface area (Å²) in [5, 5.41) is 15.3. The SMILES string of the molecule is Cc1cc(CSCCC(NC=O)C(=O)O)n(C)n1. The van der Waals surface area contributed by atoms with Crippen molar-refractivity contribution < 1.29 is 14.7 Å². The van der Waals surface area contributed by atoms with E-state index in [9.17, 15) is 9.59 Å². The quantitative estimate of drug-likeness (QED) is 0.533. The van der Waals surface area contributed by atoms with Crippen LogP contribution < -0.4 is 5.32 Å². The Bertz CT molecular complexity index is 420. The Morgan fingerprint density at radius 3 is 2.94 bits per heavy atom. The highest BCUT2D eigenvalue weighted by Gasteiger charge is 2.15. The van der Waals surface area contributed by atoms with E-state index in [-0.39, 0.29) is 0 Å². The molecular weight excluding hydrogens is 254 g/mol. The van der Waals surface area contributed by atoms with Crippen LogP contribution in [0.2, 0.25) is 0 Å². The zero-order chi connectivity index (χ0) is 13.5. The number of aryl methyl sites for hydroxylation is 2. The summed E-state index contributed by atoms with van der Waals surface area (Å²) in [6, 6.07) is 1.20. The second-order valence-corrected chi connectivity index (χ2v) is 5.02. The largest absolute Gasteiger partial charge is 0.480 e. The maximum Gasteiger partial charge on any atom is 0.326 e.